The lowest BCUT2D eigenvalue weighted by Gasteiger charge is -2.06. The molecule has 2 aromatic rings. The van der Waals surface area contributed by atoms with Crippen molar-refractivity contribution in [1.82, 2.24) is 0 Å². The molecular formula is C14H12F2N2S. The summed E-state index contributed by atoms with van der Waals surface area (Å²) in [5, 5.41) is 7.30. The maximum absolute atomic E-state index is 13.4. The van der Waals surface area contributed by atoms with Crippen LogP contribution < -0.4 is 5.73 Å². The smallest absolute Gasteiger partial charge is 0.136 e. The third-order valence-corrected chi connectivity index (χ3v) is 3.62. The fraction of sp³-hybridized carbons (Fsp3) is 0.0714. The molecule has 5 heteroatoms. The minimum Gasteiger partial charge on any atom is -0.384 e. The zero-order valence-electron chi connectivity index (χ0n) is 9.99. The zero-order valence-corrected chi connectivity index (χ0v) is 10.8. The number of halogens is 2. The lowest BCUT2D eigenvalue weighted by atomic mass is 10.1. The van der Waals surface area contributed by atoms with Gasteiger partial charge in [-0.3, -0.25) is 5.41 Å². The van der Waals surface area contributed by atoms with Crippen LogP contribution in [-0.4, -0.2) is 5.84 Å². The molecule has 0 bridgehead atoms. The Kier molecular flexibility index (Phi) is 4.16. The van der Waals surface area contributed by atoms with Gasteiger partial charge < -0.3 is 5.73 Å². The summed E-state index contributed by atoms with van der Waals surface area (Å²) in [6.45, 7) is 0. The van der Waals surface area contributed by atoms with Crippen LogP contribution in [0.15, 0.2) is 47.4 Å². The number of amidine groups is 1. The van der Waals surface area contributed by atoms with Gasteiger partial charge in [0, 0.05) is 16.2 Å². The van der Waals surface area contributed by atoms with E-state index in [1.165, 1.54) is 30.0 Å². The lowest BCUT2D eigenvalue weighted by molar-refractivity contribution is 0.602. The number of benzene rings is 2. The molecule has 0 spiro atoms. The average molecular weight is 278 g/mol. The molecule has 0 atom stereocenters. The highest BCUT2D eigenvalue weighted by Gasteiger charge is 2.06. The quantitative estimate of drug-likeness (QED) is 0.510. The van der Waals surface area contributed by atoms with Crippen LogP contribution in [0.4, 0.5) is 8.78 Å². The predicted molar refractivity (Wildman–Crippen MR) is 73.4 cm³/mol. The molecule has 0 amide bonds. The van der Waals surface area contributed by atoms with Gasteiger partial charge in [-0.2, -0.15) is 0 Å². The van der Waals surface area contributed by atoms with Gasteiger partial charge in [0.05, 0.1) is 0 Å². The van der Waals surface area contributed by atoms with Crippen LogP contribution in [0.1, 0.15) is 11.1 Å². The number of hydrogen-bond donors (Lipinski definition) is 2. The van der Waals surface area contributed by atoms with Crippen molar-refractivity contribution < 1.29 is 8.78 Å². The molecular weight excluding hydrogens is 266 g/mol. The van der Waals surface area contributed by atoms with Crippen LogP contribution in [0, 0.1) is 17.0 Å². The van der Waals surface area contributed by atoms with E-state index in [1.807, 2.05) is 0 Å². The van der Waals surface area contributed by atoms with E-state index in [2.05, 4.69) is 0 Å². The Hall–Kier alpha value is -1.88. The van der Waals surface area contributed by atoms with E-state index in [0.29, 0.717) is 21.8 Å². The van der Waals surface area contributed by atoms with Crippen molar-refractivity contribution in [3.63, 3.8) is 0 Å². The number of rotatable bonds is 4. The minimum atomic E-state index is -0.447. The molecule has 2 nitrogen and oxygen atoms in total. The second-order valence-corrected chi connectivity index (χ2v) is 5.00. The standard InChI is InChI=1S/C14H12F2N2S/c15-11-6-9(5-10(7-11)14(17)18)8-19-13-4-2-1-3-12(13)16/h1-7H,8H2,(H3,17,18). The summed E-state index contributed by atoms with van der Waals surface area (Å²) in [6.07, 6.45) is 0. The van der Waals surface area contributed by atoms with Gasteiger partial charge in [0.2, 0.25) is 0 Å². The third kappa shape index (κ3) is 3.54. The molecule has 0 unspecified atom stereocenters. The van der Waals surface area contributed by atoms with Gasteiger partial charge in [-0.25, -0.2) is 8.78 Å². The molecule has 3 N–H and O–H groups in total. The zero-order chi connectivity index (χ0) is 13.8. The Morgan fingerprint density at radius 2 is 1.89 bits per heavy atom. The summed E-state index contributed by atoms with van der Waals surface area (Å²) < 4.78 is 26.8. The Bertz CT molecular complexity index is 614. The first kappa shape index (κ1) is 13.5. The number of nitrogens with two attached hydrogens (primary N) is 1. The van der Waals surface area contributed by atoms with E-state index in [0.717, 1.165) is 0 Å². The molecule has 19 heavy (non-hydrogen) atoms. The number of hydrogen-bond acceptors (Lipinski definition) is 2. The summed E-state index contributed by atoms with van der Waals surface area (Å²) in [7, 11) is 0. The minimum absolute atomic E-state index is 0.184. The molecule has 0 saturated heterocycles. The van der Waals surface area contributed by atoms with Gasteiger partial charge in [0.1, 0.15) is 17.5 Å². The van der Waals surface area contributed by atoms with E-state index >= 15 is 0 Å². The second kappa shape index (κ2) is 5.84. The van der Waals surface area contributed by atoms with Gasteiger partial charge in [0.15, 0.2) is 0 Å². The van der Waals surface area contributed by atoms with Crippen LogP contribution >= 0.6 is 11.8 Å². The monoisotopic (exact) mass is 278 g/mol. The predicted octanol–water partition coefficient (Wildman–Crippen LogP) is 3.54. The van der Waals surface area contributed by atoms with Crippen LogP contribution in [0.5, 0.6) is 0 Å². The highest BCUT2D eigenvalue weighted by molar-refractivity contribution is 7.98. The number of thioether (sulfide) groups is 1. The van der Waals surface area contributed by atoms with Crippen molar-refractivity contribution in [2.24, 2.45) is 5.73 Å². The van der Waals surface area contributed by atoms with Crippen molar-refractivity contribution in [3.8, 4) is 0 Å². The summed E-state index contributed by atoms with van der Waals surface area (Å²) in [5.41, 5.74) is 6.34. The van der Waals surface area contributed by atoms with Gasteiger partial charge >= 0.3 is 0 Å². The Balaban J connectivity index is 2.16. The van der Waals surface area contributed by atoms with Crippen LogP contribution in [0.3, 0.4) is 0 Å². The van der Waals surface area contributed by atoms with Gasteiger partial charge in [-0.15, -0.1) is 11.8 Å². The Labute approximate surface area is 114 Å². The molecule has 0 fully saturated rings. The summed E-state index contributed by atoms with van der Waals surface area (Å²) in [5.74, 6) is -0.511. The summed E-state index contributed by atoms with van der Waals surface area (Å²) in [6, 6.07) is 10.6. The highest BCUT2D eigenvalue weighted by atomic mass is 32.2. The molecule has 0 radical (unpaired) electrons. The maximum atomic E-state index is 13.4. The molecule has 0 aliphatic carbocycles. The fourth-order valence-corrected chi connectivity index (χ4v) is 2.48. The van der Waals surface area contributed by atoms with E-state index in [1.54, 1.807) is 24.3 Å². The van der Waals surface area contributed by atoms with E-state index < -0.39 is 5.82 Å². The number of nitrogen functional groups attached to an aromatic ring is 1. The molecule has 0 heterocycles. The van der Waals surface area contributed by atoms with Crippen molar-refractivity contribution in [3.05, 3.63) is 65.2 Å². The molecule has 2 rings (SSSR count). The van der Waals surface area contributed by atoms with E-state index in [9.17, 15) is 8.78 Å². The molecule has 0 aromatic heterocycles. The van der Waals surface area contributed by atoms with E-state index in [-0.39, 0.29) is 11.7 Å². The van der Waals surface area contributed by atoms with Crippen LogP contribution in [0.25, 0.3) is 0 Å². The Morgan fingerprint density at radius 1 is 1.16 bits per heavy atom. The first-order chi connectivity index (χ1) is 9.06. The molecule has 0 aliphatic rings. The van der Waals surface area contributed by atoms with Crippen molar-refractivity contribution in [1.29, 1.82) is 5.41 Å². The highest BCUT2D eigenvalue weighted by Crippen LogP contribution is 2.25. The van der Waals surface area contributed by atoms with Crippen LogP contribution in [-0.2, 0) is 5.75 Å². The first-order valence-corrected chi connectivity index (χ1v) is 6.56. The molecule has 0 aliphatic heterocycles. The number of nitrogens with one attached hydrogen (secondary N) is 1. The maximum Gasteiger partial charge on any atom is 0.136 e. The summed E-state index contributed by atoms with van der Waals surface area (Å²) in [4.78, 5) is 0.510. The van der Waals surface area contributed by atoms with Crippen molar-refractivity contribution in [2.75, 3.05) is 0 Å². The van der Waals surface area contributed by atoms with Gasteiger partial charge in [0.25, 0.3) is 0 Å². The molecule has 2 aromatic carbocycles. The summed E-state index contributed by atoms with van der Waals surface area (Å²) >= 11 is 1.28. The van der Waals surface area contributed by atoms with Crippen molar-refractivity contribution in [2.45, 2.75) is 10.6 Å². The van der Waals surface area contributed by atoms with Crippen LogP contribution in [0.2, 0.25) is 0 Å². The SMILES string of the molecule is N=C(N)c1cc(F)cc(CSc2ccccc2F)c1. The van der Waals surface area contributed by atoms with Gasteiger partial charge in [-0.1, -0.05) is 12.1 Å². The third-order valence-electron chi connectivity index (χ3n) is 2.50. The fourth-order valence-electron chi connectivity index (χ4n) is 1.61. The Morgan fingerprint density at radius 3 is 2.58 bits per heavy atom. The molecule has 0 saturated carbocycles. The largest absolute Gasteiger partial charge is 0.384 e. The normalized spacial score (nSPS) is 10.4. The first-order valence-electron chi connectivity index (χ1n) is 5.57. The van der Waals surface area contributed by atoms with Gasteiger partial charge in [-0.05, 0) is 35.9 Å². The van der Waals surface area contributed by atoms with Crippen molar-refractivity contribution >= 4 is 17.6 Å². The average Bonchev–Trinajstić information content (AvgIpc) is 2.37. The van der Waals surface area contributed by atoms with E-state index in [4.69, 9.17) is 11.1 Å². The second-order valence-electron chi connectivity index (χ2n) is 3.98. The lowest BCUT2D eigenvalue weighted by Crippen LogP contribution is -2.11. The molecule has 98 valence electrons. The topological polar surface area (TPSA) is 49.9 Å².